The zero-order valence-electron chi connectivity index (χ0n) is 18.0. The van der Waals surface area contributed by atoms with Gasteiger partial charge < -0.3 is 11.5 Å². The fraction of sp³-hybridized carbons (Fsp3) is 0.333. The van der Waals surface area contributed by atoms with E-state index < -0.39 is 35.8 Å². The molecule has 34 heavy (non-hydrogen) atoms. The van der Waals surface area contributed by atoms with Gasteiger partial charge in [0.15, 0.2) is 0 Å². The van der Waals surface area contributed by atoms with Crippen molar-refractivity contribution in [3.8, 4) is 0 Å². The van der Waals surface area contributed by atoms with E-state index in [-0.39, 0.29) is 30.9 Å². The van der Waals surface area contributed by atoms with Gasteiger partial charge in [0.05, 0.1) is 0 Å². The van der Waals surface area contributed by atoms with E-state index in [2.05, 4.69) is 0 Å². The first-order chi connectivity index (χ1) is 13.6. The summed E-state index contributed by atoms with van der Waals surface area (Å²) in [6, 6.07) is 5.29. The van der Waals surface area contributed by atoms with Gasteiger partial charge in [-0.05, 0) is 62.6 Å². The molecule has 0 aromatic heterocycles. The summed E-state index contributed by atoms with van der Waals surface area (Å²) in [5.41, 5.74) is 11.1. The lowest BCUT2D eigenvalue weighted by Crippen LogP contribution is -2.28. The molecule has 0 heterocycles. The molecule has 2 rings (SSSR count). The lowest BCUT2D eigenvalue weighted by Gasteiger charge is -2.40. The molecule has 0 fully saturated rings. The average molecular weight is 595 g/mol. The largest absolute Gasteiger partial charge is 0.328 e. The van der Waals surface area contributed by atoms with Crippen LogP contribution < -0.4 is 11.5 Å². The minimum atomic E-state index is -9.56. The molecular formula is C18H26Cl2F10N2S2. The number of benzene rings is 2. The standard InChI is InChI=1S/2C9H12F5NS.2ClH/c1-9(2,15)7-3-5-8(6-4-7)16(10,11,12,13)14;1-7(15)6-8-2-4-9(5-3-8)16(10,11,12,13)14;;/h3-6H,15H2,1-2H3;2-5,7H,6,15H2,1H3;2*1H. The molecule has 1 unspecified atom stereocenters. The highest BCUT2D eigenvalue weighted by Gasteiger charge is 2.66. The van der Waals surface area contributed by atoms with Crippen LogP contribution in [0.5, 0.6) is 0 Å². The Morgan fingerprint density at radius 3 is 1.21 bits per heavy atom. The summed E-state index contributed by atoms with van der Waals surface area (Å²) in [7, 11) is -19.1. The van der Waals surface area contributed by atoms with Gasteiger partial charge in [-0.2, -0.15) is 0 Å². The molecule has 0 saturated heterocycles. The van der Waals surface area contributed by atoms with Gasteiger partial charge in [0.25, 0.3) is 0 Å². The van der Waals surface area contributed by atoms with Crippen LogP contribution in [0.3, 0.4) is 0 Å². The van der Waals surface area contributed by atoms with E-state index in [0.29, 0.717) is 41.8 Å². The first-order valence-electron chi connectivity index (χ1n) is 8.81. The van der Waals surface area contributed by atoms with E-state index in [0.717, 1.165) is 24.3 Å². The van der Waals surface area contributed by atoms with E-state index in [1.54, 1.807) is 20.8 Å². The first-order valence-corrected chi connectivity index (χ1v) is 12.7. The molecule has 2 aromatic carbocycles. The van der Waals surface area contributed by atoms with Crippen molar-refractivity contribution >= 4 is 45.3 Å². The molecule has 0 amide bonds. The zero-order chi connectivity index (χ0) is 25.6. The van der Waals surface area contributed by atoms with Crippen molar-refractivity contribution in [1.82, 2.24) is 0 Å². The van der Waals surface area contributed by atoms with Crippen LogP contribution in [0.1, 0.15) is 31.9 Å². The summed E-state index contributed by atoms with van der Waals surface area (Å²) in [5.74, 6) is 0. The third-order valence-corrected chi connectivity index (χ3v) is 6.30. The molecule has 0 aliphatic heterocycles. The summed E-state index contributed by atoms with van der Waals surface area (Å²) >= 11 is 0. The smallest absolute Gasteiger partial charge is 0.310 e. The fourth-order valence-electron chi connectivity index (χ4n) is 2.40. The average Bonchev–Trinajstić information content (AvgIpc) is 2.50. The highest BCUT2D eigenvalue weighted by Crippen LogP contribution is 3.02. The molecule has 2 aromatic rings. The van der Waals surface area contributed by atoms with Gasteiger partial charge in [0.2, 0.25) is 0 Å². The maximum absolute atomic E-state index is 12.3. The van der Waals surface area contributed by atoms with Gasteiger partial charge in [-0.25, -0.2) is 0 Å². The molecule has 204 valence electrons. The Hall–Kier alpha value is -1.06. The van der Waals surface area contributed by atoms with E-state index in [4.69, 9.17) is 11.5 Å². The second-order valence-electron chi connectivity index (χ2n) is 8.01. The van der Waals surface area contributed by atoms with Gasteiger partial charge >= 0.3 is 20.4 Å². The van der Waals surface area contributed by atoms with Crippen LogP contribution in [0, 0.1) is 0 Å². The van der Waals surface area contributed by atoms with Crippen LogP contribution >= 0.6 is 45.3 Å². The second kappa shape index (κ2) is 8.80. The minimum Gasteiger partial charge on any atom is -0.328 e. The van der Waals surface area contributed by atoms with Crippen molar-refractivity contribution < 1.29 is 38.9 Å². The third-order valence-electron chi connectivity index (χ3n) is 3.97. The van der Waals surface area contributed by atoms with Gasteiger partial charge in [-0.3, -0.25) is 0 Å². The lowest BCUT2D eigenvalue weighted by atomic mass is 9.96. The summed E-state index contributed by atoms with van der Waals surface area (Å²) in [6.07, 6.45) is 0.348. The van der Waals surface area contributed by atoms with Gasteiger partial charge in [-0.1, -0.05) is 63.1 Å². The summed E-state index contributed by atoms with van der Waals surface area (Å²) in [5, 5.41) is 0. The van der Waals surface area contributed by atoms with Crippen molar-refractivity contribution in [2.75, 3.05) is 0 Å². The SMILES string of the molecule is CC(C)(N)c1ccc(S(F)(F)(F)(F)F)cc1.CC(N)Cc1ccc(S(F)(F)(F)(F)F)cc1.Cl.Cl. The Morgan fingerprint density at radius 2 is 0.971 bits per heavy atom. The van der Waals surface area contributed by atoms with E-state index in [9.17, 15) is 38.9 Å². The molecule has 16 heteroatoms. The number of hydrogen-bond donors (Lipinski definition) is 2. The predicted molar refractivity (Wildman–Crippen MR) is 125 cm³/mol. The fourth-order valence-corrected chi connectivity index (χ4v) is 3.70. The van der Waals surface area contributed by atoms with Crippen LogP contribution in [0.2, 0.25) is 0 Å². The Bertz CT molecular complexity index is 957. The highest BCUT2D eigenvalue weighted by atomic mass is 35.5. The Kier molecular flexibility index (Phi) is 9.09. The molecule has 0 aliphatic rings. The first kappa shape index (κ1) is 35.1. The van der Waals surface area contributed by atoms with Crippen LogP contribution in [0.25, 0.3) is 0 Å². The van der Waals surface area contributed by atoms with Gasteiger partial charge in [0.1, 0.15) is 9.79 Å². The number of nitrogens with two attached hydrogens (primary N) is 2. The molecule has 0 aliphatic carbocycles. The molecular weight excluding hydrogens is 569 g/mol. The third kappa shape index (κ3) is 11.6. The van der Waals surface area contributed by atoms with Crippen LogP contribution in [-0.2, 0) is 12.0 Å². The topological polar surface area (TPSA) is 52.0 Å². The number of halogens is 12. The summed E-state index contributed by atoms with van der Waals surface area (Å²) < 4.78 is 123. The van der Waals surface area contributed by atoms with Crippen LogP contribution in [0.15, 0.2) is 58.3 Å². The van der Waals surface area contributed by atoms with Crippen LogP contribution in [0.4, 0.5) is 38.9 Å². The van der Waals surface area contributed by atoms with Gasteiger partial charge in [0, 0.05) is 11.6 Å². The molecule has 0 spiro atoms. The predicted octanol–water partition coefficient (Wildman–Crippen LogP) is 9.62. The minimum absolute atomic E-state index is 0. The maximum Gasteiger partial charge on any atom is 0.310 e. The monoisotopic (exact) mass is 594 g/mol. The van der Waals surface area contributed by atoms with Crippen LogP contribution in [-0.4, -0.2) is 6.04 Å². The number of rotatable bonds is 5. The van der Waals surface area contributed by atoms with Crippen molar-refractivity contribution in [3.05, 3.63) is 59.7 Å². The normalized spacial score (nSPS) is 17.1. The molecule has 0 bridgehead atoms. The zero-order valence-corrected chi connectivity index (χ0v) is 21.2. The van der Waals surface area contributed by atoms with E-state index in [1.807, 2.05) is 0 Å². The molecule has 4 N–H and O–H groups in total. The molecule has 1 atom stereocenters. The summed E-state index contributed by atoms with van der Waals surface area (Å²) in [4.78, 5) is -3.76. The Balaban J connectivity index is 0. The maximum atomic E-state index is 12.3. The lowest BCUT2D eigenvalue weighted by molar-refractivity contribution is 0.360. The molecule has 0 radical (unpaired) electrons. The van der Waals surface area contributed by atoms with Crippen molar-refractivity contribution in [2.24, 2.45) is 11.5 Å². The molecule has 0 saturated carbocycles. The highest BCUT2D eigenvalue weighted by molar-refractivity contribution is 8.46. The van der Waals surface area contributed by atoms with E-state index >= 15 is 0 Å². The van der Waals surface area contributed by atoms with Crippen molar-refractivity contribution in [3.63, 3.8) is 0 Å². The quantitative estimate of drug-likeness (QED) is 0.338. The Labute approximate surface area is 203 Å². The molecule has 2 nitrogen and oxygen atoms in total. The summed E-state index contributed by atoms with van der Waals surface area (Å²) in [6.45, 7) is 4.82. The van der Waals surface area contributed by atoms with Gasteiger partial charge in [-0.15, -0.1) is 24.8 Å². The van der Waals surface area contributed by atoms with E-state index in [1.165, 1.54) is 0 Å². The second-order valence-corrected chi connectivity index (χ2v) is 12.8. The van der Waals surface area contributed by atoms with Crippen molar-refractivity contribution in [1.29, 1.82) is 0 Å². The van der Waals surface area contributed by atoms with Crippen molar-refractivity contribution in [2.45, 2.75) is 48.6 Å². The Morgan fingerprint density at radius 1 is 0.676 bits per heavy atom. The number of hydrogen-bond acceptors (Lipinski definition) is 2.